The van der Waals surface area contributed by atoms with Gasteiger partial charge in [0, 0.05) is 24.7 Å². The molecule has 1 saturated heterocycles. The molecule has 2 nitrogen and oxygen atoms in total. The van der Waals surface area contributed by atoms with Gasteiger partial charge in [-0.15, -0.1) is 13.2 Å². The normalized spacial score (nSPS) is 46.1. The zero-order valence-corrected chi connectivity index (χ0v) is 13.9. The first-order valence-electron chi connectivity index (χ1n) is 8.76. The molecular weight excluding hydrogens is 256 g/mol. The molecule has 0 aromatic carbocycles. The van der Waals surface area contributed by atoms with E-state index < -0.39 is 0 Å². The van der Waals surface area contributed by atoms with Crippen LogP contribution in [0.15, 0.2) is 25.3 Å². The quantitative estimate of drug-likeness (QED) is 0.779. The maximum Gasteiger partial charge on any atom is 0.0261 e. The maximum absolute atomic E-state index is 4.05. The fourth-order valence-electron chi connectivity index (χ4n) is 5.77. The van der Waals surface area contributed by atoms with Crippen molar-refractivity contribution in [1.29, 1.82) is 0 Å². The first kappa shape index (κ1) is 15.3. The summed E-state index contributed by atoms with van der Waals surface area (Å²) in [6, 6.07) is 0.844. The number of fused-ring (bicyclic) bond motifs is 1. The highest BCUT2D eigenvalue weighted by Crippen LogP contribution is 2.53. The van der Waals surface area contributed by atoms with Crippen molar-refractivity contribution in [2.45, 2.75) is 50.6 Å². The van der Waals surface area contributed by atoms with Gasteiger partial charge in [0.1, 0.15) is 0 Å². The molecule has 1 N–H and O–H groups in total. The van der Waals surface area contributed by atoms with Gasteiger partial charge in [0.2, 0.25) is 0 Å². The van der Waals surface area contributed by atoms with Crippen molar-refractivity contribution in [2.75, 3.05) is 20.1 Å². The Bertz CT molecular complexity index is 404. The van der Waals surface area contributed by atoms with Crippen molar-refractivity contribution in [3.8, 4) is 0 Å². The Labute approximate surface area is 130 Å². The predicted molar refractivity (Wildman–Crippen MR) is 90.3 cm³/mol. The van der Waals surface area contributed by atoms with Crippen molar-refractivity contribution >= 4 is 0 Å². The minimum absolute atomic E-state index is 0.257. The number of hydrogen-bond acceptors (Lipinski definition) is 2. The van der Waals surface area contributed by atoms with Crippen LogP contribution in [0.4, 0.5) is 0 Å². The molecule has 1 aliphatic heterocycles. The monoisotopic (exact) mass is 288 g/mol. The van der Waals surface area contributed by atoms with E-state index in [-0.39, 0.29) is 5.54 Å². The second-order valence-electron chi connectivity index (χ2n) is 7.96. The summed E-state index contributed by atoms with van der Waals surface area (Å²) >= 11 is 0. The third kappa shape index (κ3) is 2.61. The highest BCUT2D eigenvalue weighted by molar-refractivity contribution is 5.11. The molecule has 0 spiro atoms. The highest BCUT2D eigenvalue weighted by atomic mass is 15.2. The van der Waals surface area contributed by atoms with Crippen molar-refractivity contribution in [3.05, 3.63) is 25.3 Å². The van der Waals surface area contributed by atoms with Crippen LogP contribution in [-0.4, -0.2) is 36.6 Å². The van der Waals surface area contributed by atoms with Crippen LogP contribution in [0, 0.1) is 23.7 Å². The Morgan fingerprint density at radius 3 is 2.76 bits per heavy atom. The lowest BCUT2D eigenvalue weighted by molar-refractivity contribution is -0.0810. The second-order valence-corrected chi connectivity index (χ2v) is 7.96. The van der Waals surface area contributed by atoms with Gasteiger partial charge >= 0.3 is 0 Å². The summed E-state index contributed by atoms with van der Waals surface area (Å²) in [4.78, 5) is 2.67. The number of hydrogen-bond donors (Lipinski definition) is 1. The minimum Gasteiger partial charge on any atom is -0.307 e. The Morgan fingerprint density at radius 1 is 1.24 bits per heavy atom. The second kappa shape index (κ2) is 5.89. The van der Waals surface area contributed by atoms with Crippen LogP contribution in [0.3, 0.4) is 0 Å². The highest BCUT2D eigenvalue weighted by Gasteiger charge is 2.54. The van der Waals surface area contributed by atoms with E-state index in [1.54, 1.807) is 0 Å². The Balaban J connectivity index is 1.89. The summed E-state index contributed by atoms with van der Waals surface area (Å²) in [5.41, 5.74) is 0.257. The van der Waals surface area contributed by atoms with Gasteiger partial charge in [-0.3, -0.25) is 0 Å². The van der Waals surface area contributed by atoms with Crippen LogP contribution in [0.2, 0.25) is 0 Å². The number of nitrogens with one attached hydrogen (secondary N) is 1. The Hall–Kier alpha value is -0.600. The SMILES string of the molecule is C=CCN[C@]1(CC=C)CC2CC(C)C[C@H]3C2CC1CN3C. The Kier molecular flexibility index (Phi) is 4.29. The zero-order valence-electron chi connectivity index (χ0n) is 13.9. The predicted octanol–water partition coefficient (Wildman–Crippen LogP) is 3.46. The van der Waals surface area contributed by atoms with Crippen LogP contribution >= 0.6 is 0 Å². The molecular formula is C19H32N2. The van der Waals surface area contributed by atoms with Crippen molar-refractivity contribution in [1.82, 2.24) is 10.2 Å². The van der Waals surface area contributed by atoms with Gasteiger partial charge < -0.3 is 10.2 Å². The van der Waals surface area contributed by atoms with E-state index >= 15 is 0 Å². The zero-order chi connectivity index (χ0) is 15.0. The lowest BCUT2D eigenvalue weighted by Crippen LogP contribution is -2.66. The van der Waals surface area contributed by atoms with Gasteiger partial charge in [-0.1, -0.05) is 19.1 Å². The van der Waals surface area contributed by atoms with Crippen molar-refractivity contribution < 1.29 is 0 Å². The van der Waals surface area contributed by atoms with E-state index in [9.17, 15) is 0 Å². The summed E-state index contributed by atoms with van der Waals surface area (Å²) in [5.74, 6) is 3.49. The molecule has 0 aromatic heterocycles. The molecule has 1 heterocycles. The molecule has 2 saturated carbocycles. The minimum atomic E-state index is 0.257. The van der Waals surface area contributed by atoms with Crippen LogP contribution in [-0.2, 0) is 0 Å². The molecule has 3 fully saturated rings. The summed E-state index contributed by atoms with van der Waals surface area (Å²) in [5, 5.41) is 3.86. The number of piperidine rings is 1. The average molecular weight is 288 g/mol. The third-order valence-corrected chi connectivity index (χ3v) is 6.59. The molecule has 2 heteroatoms. The molecule has 0 radical (unpaired) electrons. The lowest BCUT2D eigenvalue weighted by atomic mass is 9.54. The largest absolute Gasteiger partial charge is 0.307 e. The number of likely N-dealkylation sites (tertiary alicyclic amines) is 1. The van der Waals surface area contributed by atoms with Crippen LogP contribution in [0.5, 0.6) is 0 Å². The van der Waals surface area contributed by atoms with E-state index in [4.69, 9.17) is 0 Å². The molecule has 3 aliphatic rings. The van der Waals surface area contributed by atoms with Gasteiger partial charge in [-0.2, -0.15) is 0 Å². The smallest absolute Gasteiger partial charge is 0.0261 e. The molecule has 2 bridgehead atoms. The third-order valence-electron chi connectivity index (χ3n) is 6.59. The summed E-state index contributed by atoms with van der Waals surface area (Å²) in [6.45, 7) is 12.6. The van der Waals surface area contributed by atoms with E-state index in [0.717, 1.165) is 42.7 Å². The average Bonchev–Trinajstić information content (AvgIpc) is 2.45. The standard InChI is InChI=1S/C19H32N2/c1-5-7-19(20-8-6-2)12-15-9-14(3)10-18-17(15)11-16(19)13-21(18)4/h5-6,14-18,20H,1-2,7-13H2,3-4H3/t14?,15?,16?,17?,18-,19+/m0/s1. The first-order chi connectivity index (χ1) is 10.1. The summed E-state index contributed by atoms with van der Waals surface area (Å²) in [7, 11) is 2.36. The number of rotatable bonds is 5. The Morgan fingerprint density at radius 2 is 2.05 bits per heavy atom. The molecule has 6 atom stereocenters. The van der Waals surface area contributed by atoms with Crippen molar-refractivity contribution in [2.24, 2.45) is 23.7 Å². The lowest BCUT2D eigenvalue weighted by Gasteiger charge is -2.61. The summed E-state index contributed by atoms with van der Waals surface area (Å²) < 4.78 is 0. The fourth-order valence-corrected chi connectivity index (χ4v) is 5.77. The van der Waals surface area contributed by atoms with Gasteiger partial charge in [0.05, 0.1) is 0 Å². The molecule has 2 aliphatic carbocycles. The van der Waals surface area contributed by atoms with E-state index in [2.05, 4.69) is 43.4 Å². The van der Waals surface area contributed by atoms with Crippen LogP contribution in [0.25, 0.3) is 0 Å². The van der Waals surface area contributed by atoms with Crippen molar-refractivity contribution in [3.63, 3.8) is 0 Å². The maximum atomic E-state index is 4.05. The van der Waals surface area contributed by atoms with E-state index in [0.29, 0.717) is 0 Å². The van der Waals surface area contributed by atoms with E-state index in [1.165, 1.54) is 32.2 Å². The fraction of sp³-hybridized carbons (Fsp3) is 0.789. The summed E-state index contributed by atoms with van der Waals surface area (Å²) in [6.07, 6.45) is 10.8. The first-order valence-corrected chi connectivity index (χ1v) is 8.76. The van der Waals surface area contributed by atoms with E-state index in [1.807, 2.05) is 6.08 Å². The van der Waals surface area contributed by atoms with Gasteiger partial charge in [0.25, 0.3) is 0 Å². The van der Waals surface area contributed by atoms with Gasteiger partial charge in [0.15, 0.2) is 0 Å². The molecule has 118 valence electrons. The molecule has 21 heavy (non-hydrogen) atoms. The molecule has 3 rings (SSSR count). The number of nitrogens with zero attached hydrogens (tertiary/aromatic N) is 1. The molecule has 4 unspecified atom stereocenters. The van der Waals surface area contributed by atoms with Gasteiger partial charge in [-0.05, 0) is 62.8 Å². The van der Waals surface area contributed by atoms with Crippen LogP contribution < -0.4 is 5.32 Å². The topological polar surface area (TPSA) is 15.3 Å². The molecule has 0 amide bonds. The van der Waals surface area contributed by atoms with Crippen LogP contribution in [0.1, 0.15) is 39.0 Å². The van der Waals surface area contributed by atoms with Gasteiger partial charge in [-0.25, -0.2) is 0 Å². The molecule has 0 aromatic rings.